The fourth-order valence-corrected chi connectivity index (χ4v) is 1.77. The summed E-state index contributed by atoms with van der Waals surface area (Å²) >= 11 is 1.07. The third-order valence-corrected chi connectivity index (χ3v) is 2.77. The van der Waals surface area contributed by atoms with Gasteiger partial charge in [0.2, 0.25) is 5.12 Å². The molecule has 5 nitrogen and oxygen atoms in total. The molecule has 0 aliphatic carbocycles. The Bertz CT molecular complexity index is 519. The largest absolute Gasteiger partial charge is 0.464 e. The van der Waals surface area contributed by atoms with Crippen LogP contribution in [0.3, 0.4) is 0 Å². The third-order valence-electron chi connectivity index (χ3n) is 1.96. The van der Waals surface area contributed by atoms with Crippen LogP contribution in [0.15, 0.2) is 47.6 Å². The van der Waals surface area contributed by atoms with E-state index in [1.807, 2.05) is 0 Å². The standard InChI is InChI=1S/C11H7NO4S/c13-11-6-5-10(17-11)7-16-9-3-1-8(2-4-9)12(14)15/h1-7H/b10-7-. The highest BCUT2D eigenvalue weighted by Gasteiger charge is 2.09. The van der Waals surface area contributed by atoms with Gasteiger partial charge in [-0.25, -0.2) is 0 Å². The molecule has 0 N–H and O–H groups in total. The Morgan fingerprint density at radius 1 is 1.24 bits per heavy atom. The number of rotatable bonds is 3. The van der Waals surface area contributed by atoms with Crippen molar-refractivity contribution in [3.05, 3.63) is 57.7 Å². The van der Waals surface area contributed by atoms with Crippen LogP contribution in [0.5, 0.6) is 5.75 Å². The number of non-ortho nitro benzene ring substituents is 1. The van der Waals surface area contributed by atoms with Gasteiger partial charge < -0.3 is 4.74 Å². The Morgan fingerprint density at radius 3 is 2.47 bits per heavy atom. The lowest BCUT2D eigenvalue weighted by atomic mass is 10.3. The summed E-state index contributed by atoms with van der Waals surface area (Å²) in [5, 5.41) is 10.4. The Hall–Kier alpha value is -2.08. The van der Waals surface area contributed by atoms with Crippen molar-refractivity contribution in [1.29, 1.82) is 0 Å². The number of nitro benzene ring substituents is 1. The van der Waals surface area contributed by atoms with E-state index in [9.17, 15) is 14.9 Å². The number of benzene rings is 1. The molecule has 1 heterocycles. The first-order chi connectivity index (χ1) is 8.15. The Labute approximate surface area is 101 Å². The van der Waals surface area contributed by atoms with Crippen LogP contribution >= 0.6 is 11.8 Å². The molecule has 1 aromatic rings. The fraction of sp³-hybridized carbons (Fsp3) is 0. The van der Waals surface area contributed by atoms with Gasteiger partial charge in [-0.3, -0.25) is 14.9 Å². The van der Waals surface area contributed by atoms with Gasteiger partial charge in [0.15, 0.2) is 0 Å². The first-order valence-corrected chi connectivity index (χ1v) is 5.48. The van der Waals surface area contributed by atoms with Gasteiger partial charge in [-0.15, -0.1) is 0 Å². The SMILES string of the molecule is O=C1C=C/C(=C/Oc2ccc([N+](=O)[O-])cc2)S1. The maximum Gasteiger partial charge on any atom is 0.269 e. The molecule has 1 aliphatic heterocycles. The number of nitro groups is 1. The molecular weight excluding hydrogens is 242 g/mol. The summed E-state index contributed by atoms with van der Waals surface area (Å²) in [6.45, 7) is 0. The van der Waals surface area contributed by atoms with Crippen molar-refractivity contribution in [1.82, 2.24) is 0 Å². The highest BCUT2D eigenvalue weighted by molar-refractivity contribution is 8.17. The third kappa shape index (κ3) is 2.94. The van der Waals surface area contributed by atoms with Gasteiger partial charge in [-0.05, 0) is 36.0 Å². The minimum absolute atomic E-state index is 0.00955. The molecule has 0 fully saturated rings. The summed E-state index contributed by atoms with van der Waals surface area (Å²) < 4.78 is 5.26. The van der Waals surface area contributed by atoms with Crippen LogP contribution < -0.4 is 4.74 Å². The van der Waals surface area contributed by atoms with Gasteiger partial charge >= 0.3 is 0 Å². The summed E-state index contributed by atoms with van der Waals surface area (Å²) in [6, 6.07) is 5.72. The Morgan fingerprint density at radius 2 is 1.94 bits per heavy atom. The van der Waals surface area contributed by atoms with Crippen molar-refractivity contribution < 1.29 is 14.5 Å². The molecule has 86 valence electrons. The second-order valence-corrected chi connectivity index (χ2v) is 4.22. The number of nitrogens with zero attached hydrogens (tertiary/aromatic N) is 1. The van der Waals surface area contributed by atoms with Crippen molar-refractivity contribution in [3.8, 4) is 5.75 Å². The highest BCUT2D eigenvalue weighted by atomic mass is 32.2. The quantitative estimate of drug-likeness (QED) is 0.468. The lowest BCUT2D eigenvalue weighted by Gasteiger charge is -2.00. The van der Waals surface area contributed by atoms with E-state index in [2.05, 4.69) is 0 Å². The number of thioether (sulfide) groups is 1. The van der Waals surface area contributed by atoms with Gasteiger partial charge in [-0.2, -0.15) is 0 Å². The molecule has 17 heavy (non-hydrogen) atoms. The number of allylic oxidation sites excluding steroid dienone is 1. The van der Waals surface area contributed by atoms with Crippen molar-refractivity contribution in [2.45, 2.75) is 0 Å². The topological polar surface area (TPSA) is 69.4 Å². The monoisotopic (exact) mass is 249 g/mol. The van der Waals surface area contributed by atoms with Gasteiger partial charge in [0.1, 0.15) is 12.0 Å². The van der Waals surface area contributed by atoms with Crippen LogP contribution in [-0.2, 0) is 4.79 Å². The minimum atomic E-state index is -0.476. The predicted molar refractivity (Wildman–Crippen MR) is 63.5 cm³/mol. The Kier molecular flexibility index (Phi) is 3.24. The average molecular weight is 249 g/mol. The summed E-state index contributed by atoms with van der Waals surface area (Å²) in [5.74, 6) is 0.483. The smallest absolute Gasteiger partial charge is 0.269 e. The summed E-state index contributed by atoms with van der Waals surface area (Å²) in [7, 11) is 0. The molecule has 0 saturated carbocycles. The molecule has 6 heteroatoms. The van der Waals surface area contributed by atoms with E-state index in [4.69, 9.17) is 4.74 Å². The number of carbonyl (C=O) groups excluding carboxylic acids is 1. The zero-order chi connectivity index (χ0) is 12.3. The summed E-state index contributed by atoms with van der Waals surface area (Å²) in [6.07, 6.45) is 4.54. The van der Waals surface area contributed by atoms with Gasteiger partial charge in [0, 0.05) is 12.1 Å². The van der Waals surface area contributed by atoms with Crippen LogP contribution in [-0.4, -0.2) is 10.0 Å². The number of carbonyl (C=O) groups is 1. The van der Waals surface area contributed by atoms with Gasteiger partial charge in [-0.1, -0.05) is 0 Å². The summed E-state index contributed by atoms with van der Waals surface area (Å²) in [5.41, 5.74) is 0.00955. The molecule has 0 atom stereocenters. The van der Waals surface area contributed by atoms with Crippen molar-refractivity contribution in [2.24, 2.45) is 0 Å². The van der Waals surface area contributed by atoms with Crippen LogP contribution in [0.2, 0.25) is 0 Å². The predicted octanol–water partition coefficient (Wildman–Crippen LogP) is 2.64. The van der Waals surface area contributed by atoms with Gasteiger partial charge in [0.25, 0.3) is 5.69 Å². The fourth-order valence-electron chi connectivity index (χ4n) is 1.17. The van der Waals surface area contributed by atoms with E-state index >= 15 is 0 Å². The number of ether oxygens (including phenoxy) is 1. The average Bonchev–Trinajstić information content (AvgIpc) is 2.73. The molecule has 0 bridgehead atoms. The molecule has 1 aliphatic rings. The molecule has 0 spiro atoms. The van der Waals surface area contributed by atoms with E-state index in [-0.39, 0.29) is 10.8 Å². The van der Waals surface area contributed by atoms with Gasteiger partial charge in [0.05, 0.1) is 9.83 Å². The van der Waals surface area contributed by atoms with Crippen LogP contribution in [0.4, 0.5) is 5.69 Å². The second kappa shape index (κ2) is 4.84. The molecular formula is C11H7NO4S. The molecule has 0 aromatic heterocycles. The van der Waals surface area contributed by atoms with Crippen LogP contribution in [0.1, 0.15) is 0 Å². The second-order valence-electron chi connectivity index (χ2n) is 3.14. The molecule has 0 unspecified atom stereocenters. The molecule has 0 saturated heterocycles. The highest BCUT2D eigenvalue weighted by Crippen LogP contribution is 2.26. The van der Waals surface area contributed by atoms with Crippen LogP contribution in [0.25, 0.3) is 0 Å². The summed E-state index contributed by atoms with van der Waals surface area (Å²) in [4.78, 5) is 21.5. The number of hydrogen-bond acceptors (Lipinski definition) is 5. The van der Waals surface area contributed by atoms with E-state index in [0.29, 0.717) is 10.7 Å². The molecule has 0 radical (unpaired) electrons. The Balaban J connectivity index is 2.02. The normalized spacial score (nSPS) is 16.5. The van der Waals surface area contributed by atoms with E-state index in [1.165, 1.54) is 36.6 Å². The molecule has 0 amide bonds. The first-order valence-electron chi connectivity index (χ1n) is 4.66. The van der Waals surface area contributed by atoms with Crippen LogP contribution in [0, 0.1) is 10.1 Å². The maximum absolute atomic E-state index is 10.9. The zero-order valence-electron chi connectivity index (χ0n) is 8.53. The van der Waals surface area contributed by atoms with E-state index < -0.39 is 4.92 Å². The zero-order valence-corrected chi connectivity index (χ0v) is 9.35. The lowest BCUT2D eigenvalue weighted by Crippen LogP contribution is -1.88. The minimum Gasteiger partial charge on any atom is -0.464 e. The van der Waals surface area contributed by atoms with Crippen molar-refractivity contribution in [2.75, 3.05) is 0 Å². The van der Waals surface area contributed by atoms with E-state index in [1.54, 1.807) is 6.08 Å². The van der Waals surface area contributed by atoms with E-state index in [0.717, 1.165) is 11.8 Å². The lowest BCUT2D eigenvalue weighted by molar-refractivity contribution is -0.384. The molecule has 2 rings (SSSR count). The molecule has 1 aromatic carbocycles. The van der Waals surface area contributed by atoms with Crippen molar-refractivity contribution >= 4 is 22.6 Å². The maximum atomic E-state index is 10.9. The van der Waals surface area contributed by atoms with Crippen molar-refractivity contribution in [3.63, 3.8) is 0 Å². The number of hydrogen-bond donors (Lipinski definition) is 0. The first kappa shape index (κ1) is 11.4.